The molecule has 18 rings (SSSR count). The highest BCUT2D eigenvalue weighted by Crippen LogP contribution is 2.32. The second-order valence-electron chi connectivity index (χ2n) is 30.6. The van der Waals surface area contributed by atoms with Crippen LogP contribution in [-0.2, 0) is 27.3 Å². The number of imidazole rings is 3. The van der Waals surface area contributed by atoms with Crippen molar-refractivity contribution in [3.63, 3.8) is 0 Å². The van der Waals surface area contributed by atoms with Crippen molar-refractivity contribution in [2.24, 2.45) is 0 Å². The van der Waals surface area contributed by atoms with Crippen molar-refractivity contribution in [2.75, 3.05) is 197 Å². The Bertz CT molecular complexity index is 4990. The summed E-state index contributed by atoms with van der Waals surface area (Å²) in [7, 11) is 5.85. The number of hydrogen-bond acceptors (Lipinski definition) is 26. The molecule has 0 bridgehead atoms. The fourth-order valence-corrected chi connectivity index (χ4v) is 15.8. The number of likely N-dealkylation sites (tertiary alicyclic amines) is 3. The van der Waals surface area contributed by atoms with Gasteiger partial charge in [0.05, 0.1) is 65.7 Å². The van der Waals surface area contributed by atoms with Crippen molar-refractivity contribution in [3.05, 3.63) is 187 Å². The van der Waals surface area contributed by atoms with E-state index >= 15 is 0 Å². The maximum atomic E-state index is 5.47. The second-order valence-corrected chi connectivity index (χ2v) is 30.6. The molecule has 6 aliphatic rings. The maximum absolute atomic E-state index is 5.47. The van der Waals surface area contributed by atoms with Gasteiger partial charge in [0.1, 0.15) is 22.3 Å². The highest BCUT2D eigenvalue weighted by Gasteiger charge is 2.27. The van der Waals surface area contributed by atoms with E-state index < -0.39 is 0 Å². The molecule has 6 fully saturated rings. The first-order valence-corrected chi connectivity index (χ1v) is 40.7. The number of nitrogens with zero attached hydrogens (tertiary/aromatic N) is 16. The molecule has 6 aromatic heterocycles. The van der Waals surface area contributed by atoms with Gasteiger partial charge in [0.15, 0.2) is 34.4 Å². The summed E-state index contributed by atoms with van der Waals surface area (Å²) < 4.78 is 21.7. The number of rotatable bonds is 24. The van der Waals surface area contributed by atoms with E-state index in [0.29, 0.717) is 58.8 Å². The molecule has 600 valence electrons. The number of anilines is 13. The molecule has 1 atom stereocenters. The fraction of sp³-hybridized carbons (Fsp3) is 0.407. The van der Waals surface area contributed by atoms with Crippen molar-refractivity contribution < 1.29 is 18.9 Å². The van der Waals surface area contributed by atoms with Crippen LogP contribution in [0.5, 0.6) is 5.75 Å². The van der Waals surface area contributed by atoms with Crippen LogP contribution in [0.15, 0.2) is 171 Å². The number of hydrogen-bond donors (Lipinski definition) is 9. The van der Waals surface area contributed by atoms with Crippen LogP contribution in [0.3, 0.4) is 0 Å². The van der Waals surface area contributed by atoms with Crippen LogP contribution in [0.2, 0.25) is 0 Å². The van der Waals surface area contributed by atoms with E-state index in [-0.39, 0.29) is 0 Å². The Balaban J connectivity index is 0.000000130. The Morgan fingerprint density at radius 3 is 1.09 bits per heavy atom. The topological polar surface area (TPSA) is 295 Å². The van der Waals surface area contributed by atoms with E-state index in [0.717, 1.165) is 233 Å². The molecule has 0 spiro atoms. The third kappa shape index (κ3) is 20.6. The smallest absolute Gasteiger partial charge is 0.231 e. The molecule has 115 heavy (non-hydrogen) atoms. The van der Waals surface area contributed by atoms with E-state index in [4.69, 9.17) is 33.9 Å². The largest absolute Gasteiger partial charge is 0.497 e. The summed E-state index contributed by atoms with van der Waals surface area (Å²) in [6.45, 7) is 21.8. The lowest BCUT2D eigenvalue weighted by atomic mass is 9.98. The van der Waals surface area contributed by atoms with Gasteiger partial charge in [0.25, 0.3) is 0 Å². The van der Waals surface area contributed by atoms with Crippen molar-refractivity contribution >= 4 is 109 Å². The average molecular weight is 1550 g/mol. The maximum Gasteiger partial charge on any atom is 0.231 e. The molecule has 6 aromatic carbocycles. The molecular formula is C86H107N25O4. The summed E-state index contributed by atoms with van der Waals surface area (Å²) in [6, 6.07) is 54.2. The Morgan fingerprint density at radius 2 is 0.748 bits per heavy atom. The summed E-state index contributed by atoms with van der Waals surface area (Å²) in [5.74, 6) is 5.42. The number of aromatic amines is 3. The molecule has 0 radical (unpaired) electrons. The lowest BCUT2D eigenvalue weighted by Crippen LogP contribution is -2.40. The lowest BCUT2D eigenvalue weighted by molar-refractivity contribution is 0.122. The number of methoxy groups -OCH3 is 1. The van der Waals surface area contributed by atoms with Crippen molar-refractivity contribution in [1.29, 1.82) is 0 Å². The minimum absolute atomic E-state index is 0.337. The molecule has 0 saturated carbocycles. The summed E-state index contributed by atoms with van der Waals surface area (Å²) in [5.41, 5.74) is 16.2. The van der Waals surface area contributed by atoms with Crippen molar-refractivity contribution in [2.45, 2.75) is 82.6 Å². The predicted octanol–water partition coefficient (Wildman–Crippen LogP) is 12.7. The standard InChI is InChI=1S/C29H37N9O.C29H36N8O.C28H34N8O2/c1-36(2)24-7-3-21(4-8-24)19-37-13-11-23(12-14-37)32-28-26-27(31-20-30-26)34-29(35-28)33-22-5-9-25(10-6-22)38-15-17-39-18-16-38;1-21(22-5-3-2-4-6-22)19-36-13-11-24(12-14-36)32-28-26-27(31-20-30-26)34-29(35-28)33-23-7-9-25(10-8-23)37-15-17-38-18-16-37;1-37-24-8-2-20(3-9-24)18-35-12-10-22(11-13-35)31-27-25-26(30-19-29-25)33-28(34-27)32-21-4-6-23(7-5-21)36-14-16-38-17-15-36/h3-10,20,23H,11-19H2,1-2H3,(H3,30,31,32,33,34,35);2-10,20-21,24H,11-19H2,1H3,(H3,30,31,32,33,34,35);2-9,19,22H,10-18H2,1H3,(H3,29,30,31,32,33,34). The monoisotopic (exact) mass is 1550 g/mol. The third-order valence-electron chi connectivity index (χ3n) is 22.5. The predicted molar refractivity (Wildman–Crippen MR) is 459 cm³/mol. The summed E-state index contributed by atoms with van der Waals surface area (Å²) in [6.07, 6.45) is 11.4. The summed E-state index contributed by atoms with van der Waals surface area (Å²) >= 11 is 0. The van der Waals surface area contributed by atoms with Gasteiger partial charge >= 0.3 is 0 Å². The summed E-state index contributed by atoms with van der Waals surface area (Å²) in [5, 5.41) is 21.1. The zero-order chi connectivity index (χ0) is 78.1. The number of piperidine rings is 3. The number of morpholine rings is 3. The van der Waals surface area contributed by atoms with Crippen LogP contribution < -0.4 is 56.2 Å². The Kier molecular flexibility index (Phi) is 25.4. The second kappa shape index (κ2) is 37.7. The van der Waals surface area contributed by atoms with Gasteiger partial charge in [-0.1, -0.05) is 61.5 Å². The van der Waals surface area contributed by atoms with Crippen molar-refractivity contribution in [3.8, 4) is 5.75 Å². The lowest BCUT2D eigenvalue weighted by Gasteiger charge is -2.34. The number of aromatic nitrogens is 12. The minimum atomic E-state index is 0.337. The Hall–Kier alpha value is -11.5. The number of benzene rings is 6. The molecule has 29 nitrogen and oxygen atoms in total. The number of ether oxygens (including phenoxy) is 4. The van der Waals surface area contributed by atoms with Crippen LogP contribution in [0, 0.1) is 0 Å². The molecule has 6 aliphatic heterocycles. The number of nitrogens with one attached hydrogen (secondary N) is 9. The van der Waals surface area contributed by atoms with Crippen LogP contribution in [0.1, 0.15) is 68.1 Å². The van der Waals surface area contributed by atoms with Crippen molar-refractivity contribution in [1.82, 2.24) is 74.5 Å². The van der Waals surface area contributed by atoms with Gasteiger partial charge in [0, 0.05) is 170 Å². The quantitative estimate of drug-likeness (QED) is 0.0272. The van der Waals surface area contributed by atoms with Gasteiger partial charge in [-0.3, -0.25) is 9.80 Å². The van der Waals surface area contributed by atoms with Gasteiger partial charge in [-0.15, -0.1) is 0 Å². The van der Waals surface area contributed by atoms with E-state index in [1.807, 2.05) is 12.1 Å². The first-order valence-electron chi connectivity index (χ1n) is 40.7. The first-order chi connectivity index (χ1) is 56.5. The fourth-order valence-electron chi connectivity index (χ4n) is 15.8. The highest BCUT2D eigenvalue weighted by atomic mass is 16.5. The van der Waals surface area contributed by atoms with Crippen LogP contribution in [0.4, 0.5) is 75.1 Å². The average Bonchev–Trinajstić information content (AvgIpc) is 1.72. The van der Waals surface area contributed by atoms with Crippen LogP contribution >= 0.6 is 0 Å². The number of H-pyrrole nitrogens is 3. The van der Waals surface area contributed by atoms with E-state index in [1.165, 1.54) is 39.4 Å². The first kappa shape index (κ1) is 77.5. The molecule has 12 heterocycles. The molecule has 9 N–H and O–H groups in total. The molecule has 29 heteroatoms. The van der Waals surface area contributed by atoms with Gasteiger partial charge in [-0.05, 0) is 158 Å². The molecule has 0 aliphatic carbocycles. The number of fused-ring (bicyclic) bond motifs is 3. The third-order valence-corrected chi connectivity index (χ3v) is 22.5. The van der Waals surface area contributed by atoms with Crippen LogP contribution in [0.25, 0.3) is 33.5 Å². The zero-order valence-corrected chi connectivity index (χ0v) is 66.4. The molecule has 6 saturated heterocycles. The molecule has 1 unspecified atom stereocenters. The van der Waals surface area contributed by atoms with E-state index in [9.17, 15) is 0 Å². The van der Waals surface area contributed by atoms with Gasteiger partial charge in [0.2, 0.25) is 17.8 Å². The van der Waals surface area contributed by atoms with Gasteiger partial charge in [-0.2, -0.15) is 29.9 Å². The molecule has 0 amide bonds. The van der Waals surface area contributed by atoms with Crippen LogP contribution in [-0.4, -0.2) is 239 Å². The molecular weight excluding hydrogens is 1450 g/mol. The Morgan fingerprint density at radius 1 is 0.409 bits per heavy atom. The normalized spacial score (nSPS) is 17.3. The molecule has 12 aromatic rings. The van der Waals surface area contributed by atoms with Gasteiger partial charge < -0.3 is 90.3 Å². The zero-order valence-electron chi connectivity index (χ0n) is 66.4. The summed E-state index contributed by atoms with van der Waals surface area (Å²) in [4.78, 5) is 68.0. The highest BCUT2D eigenvalue weighted by molar-refractivity contribution is 5.86. The Labute approximate surface area is 671 Å². The van der Waals surface area contributed by atoms with E-state index in [1.54, 1.807) is 26.1 Å². The minimum Gasteiger partial charge on any atom is -0.497 e. The van der Waals surface area contributed by atoms with Gasteiger partial charge in [-0.25, -0.2) is 15.0 Å². The van der Waals surface area contributed by atoms with E-state index in [2.05, 4.69) is 272 Å². The SMILES string of the molecule is CC(CN1CCC(Nc2nc(Nc3ccc(N4CCOCC4)cc3)nc3nc[nH]c23)CC1)c1ccccc1.CN(C)c1ccc(CN2CCC(Nc3nc(Nc4ccc(N5CCOCC5)cc4)nc4nc[nH]c34)CC2)cc1.COc1ccc(CN2CCC(Nc3nc(Nc4ccc(N5CCOCC5)cc4)nc4nc[nH]c34)CC2)cc1.